The summed E-state index contributed by atoms with van der Waals surface area (Å²) in [5.41, 5.74) is -0.0760. The predicted molar refractivity (Wildman–Crippen MR) is 68.2 cm³/mol. The fourth-order valence-corrected chi connectivity index (χ4v) is 3.58. The van der Waals surface area contributed by atoms with Gasteiger partial charge in [0, 0.05) is 11.3 Å². The Bertz CT molecular complexity index is 451. The molecule has 96 valence electrons. The van der Waals surface area contributed by atoms with Crippen molar-refractivity contribution in [3.8, 4) is 0 Å². The van der Waals surface area contributed by atoms with Gasteiger partial charge < -0.3 is 5.11 Å². The molecule has 1 saturated carbocycles. The molecule has 0 heterocycles. The maximum atomic E-state index is 11.1. The first-order valence-electron chi connectivity index (χ1n) is 5.77. The molecule has 0 spiro atoms. The molecule has 2 rings (SSSR count). The molecule has 0 aliphatic heterocycles. The van der Waals surface area contributed by atoms with E-state index in [2.05, 4.69) is 0 Å². The second-order valence-corrected chi connectivity index (χ2v) is 5.55. The summed E-state index contributed by atoms with van der Waals surface area (Å²) in [7, 11) is 0. The van der Waals surface area contributed by atoms with E-state index < -0.39 is 10.9 Å². The Morgan fingerprint density at radius 1 is 1.39 bits per heavy atom. The zero-order valence-electron chi connectivity index (χ0n) is 9.67. The van der Waals surface area contributed by atoms with E-state index in [0.29, 0.717) is 10.1 Å². The predicted octanol–water partition coefficient (Wildman–Crippen LogP) is 3.33. The van der Waals surface area contributed by atoms with Gasteiger partial charge >= 0.3 is 5.97 Å². The van der Waals surface area contributed by atoms with Crippen LogP contribution < -0.4 is 0 Å². The van der Waals surface area contributed by atoms with Crippen LogP contribution in [0.5, 0.6) is 0 Å². The molecule has 0 unspecified atom stereocenters. The molecule has 0 bridgehead atoms. The minimum atomic E-state index is -1.11. The molecular weight excluding hydrogens is 254 g/mol. The minimum Gasteiger partial charge on any atom is -0.478 e. The number of aromatic carboxylic acids is 1. The summed E-state index contributed by atoms with van der Waals surface area (Å²) in [6.45, 7) is 0. The molecule has 1 aromatic carbocycles. The van der Waals surface area contributed by atoms with Crippen molar-refractivity contribution < 1.29 is 14.8 Å². The third-order valence-electron chi connectivity index (χ3n) is 3.01. The number of carboxylic acids is 1. The molecule has 1 fully saturated rings. The minimum absolute atomic E-state index is 0.0288. The SMILES string of the molecule is O=C(O)c1cccc([N+](=O)[O-])c1SC1CCCC1. The van der Waals surface area contributed by atoms with Crippen LogP contribution >= 0.6 is 11.8 Å². The van der Waals surface area contributed by atoms with Crippen molar-refractivity contribution in [2.24, 2.45) is 0 Å². The van der Waals surface area contributed by atoms with Crippen LogP contribution in [-0.2, 0) is 0 Å². The van der Waals surface area contributed by atoms with Crippen molar-refractivity contribution in [3.63, 3.8) is 0 Å². The molecule has 1 aromatic rings. The molecular formula is C12H13NO4S. The van der Waals surface area contributed by atoms with E-state index in [1.807, 2.05) is 0 Å². The van der Waals surface area contributed by atoms with Crippen molar-refractivity contribution in [2.45, 2.75) is 35.8 Å². The third kappa shape index (κ3) is 2.64. The van der Waals surface area contributed by atoms with Crippen LogP contribution in [0, 0.1) is 10.1 Å². The smallest absolute Gasteiger partial charge is 0.337 e. The standard InChI is InChI=1S/C12H13NO4S/c14-12(15)9-6-3-7-10(13(16)17)11(9)18-8-4-1-2-5-8/h3,6-8H,1-2,4-5H2,(H,14,15). The van der Waals surface area contributed by atoms with Gasteiger partial charge in [-0.05, 0) is 18.9 Å². The quantitative estimate of drug-likeness (QED) is 0.668. The molecule has 1 aliphatic rings. The summed E-state index contributed by atoms with van der Waals surface area (Å²) in [6, 6.07) is 4.20. The highest BCUT2D eigenvalue weighted by molar-refractivity contribution is 8.00. The van der Waals surface area contributed by atoms with Crippen LogP contribution in [0.1, 0.15) is 36.0 Å². The molecule has 5 nitrogen and oxygen atoms in total. The lowest BCUT2D eigenvalue weighted by Gasteiger charge is -2.11. The molecule has 1 aliphatic carbocycles. The summed E-state index contributed by atoms with van der Waals surface area (Å²) < 4.78 is 0. The van der Waals surface area contributed by atoms with Gasteiger partial charge in [0.25, 0.3) is 5.69 Å². The van der Waals surface area contributed by atoms with E-state index in [0.717, 1.165) is 25.7 Å². The third-order valence-corrected chi connectivity index (χ3v) is 4.48. The monoisotopic (exact) mass is 267 g/mol. The molecule has 0 saturated heterocycles. The zero-order chi connectivity index (χ0) is 13.1. The van der Waals surface area contributed by atoms with Crippen molar-refractivity contribution in [2.75, 3.05) is 0 Å². The average Bonchev–Trinajstić information content (AvgIpc) is 2.81. The van der Waals surface area contributed by atoms with Crippen LogP contribution in [-0.4, -0.2) is 21.2 Å². The number of nitro benzene ring substituents is 1. The lowest BCUT2D eigenvalue weighted by atomic mass is 10.2. The van der Waals surface area contributed by atoms with Crippen LogP contribution in [0.4, 0.5) is 5.69 Å². The van der Waals surface area contributed by atoms with Crippen molar-refractivity contribution >= 4 is 23.4 Å². The Balaban J connectivity index is 2.39. The molecule has 1 N–H and O–H groups in total. The van der Waals surface area contributed by atoms with Crippen LogP contribution in [0.15, 0.2) is 23.1 Å². The summed E-state index contributed by atoms with van der Waals surface area (Å²) in [6.07, 6.45) is 4.22. The molecule has 0 radical (unpaired) electrons. The Morgan fingerprint density at radius 3 is 2.61 bits per heavy atom. The van der Waals surface area contributed by atoms with Gasteiger partial charge in [0.2, 0.25) is 0 Å². The Labute approximate surface area is 108 Å². The number of carboxylic acid groups (broad SMARTS) is 1. The Hall–Kier alpha value is -1.56. The fraction of sp³-hybridized carbons (Fsp3) is 0.417. The molecule has 18 heavy (non-hydrogen) atoms. The summed E-state index contributed by atoms with van der Waals surface area (Å²) in [4.78, 5) is 21.9. The summed E-state index contributed by atoms with van der Waals surface area (Å²) in [5, 5.41) is 20.4. The van der Waals surface area contributed by atoms with Gasteiger partial charge in [-0.2, -0.15) is 0 Å². The molecule has 0 amide bonds. The number of thioether (sulfide) groups is 1. The lowest BCUT2D eigenvalue weighted by molar-refractivity contribution is -0.387. The first-order chi connectivity index (χ1) is 8.59. The number of hydrogen-bond acceptors (Lipinski definition) is 4. The van der Waals surface area contributed by atoms with Gasteiger partial charge in [0.1, 0.15) is 0 Å². The van der Waals surface area contributed by atoms with Gasteiger partial charge in [0.05, 0.1) is 15.4 Å². The topological polar surface area (TPSA) is 80.4 Å². The highest BCUT2D eigenvalue weighted by Crippen LogP contribution is 2.40. The highest BCUT2D eigenvalue weighted by atomic mass is 32.2. The normalized spacial score (nSPS) is 15.8. The van der Waals surface area contributed by atoms with E-state index in [1.54, 1.807) is 0 Å². The van der Waals surface area contributed by atoms with Gasteiger partial charge in [0.15, 0.2) is 0 Å². The van der Waals surface area contributed by atoms with Gasteiger partial charge in [-0.1, -0.05) is 18.9 Å². The number of rotatable bonds is 4. The average molecular weight is 267 g/mol. The number of nitrogens with zero attached hydrogens (tertiary/aromatic N) is 1. The van der Waals surface area contributed by atoms with Gasteiger partial charge in [-0.15, -0.1) is 11.8 Å². The highest BCUT2D eigenvalue weighted by Gasteiger charge is 2.26. The van der Waals surface area contributed by atoms with Gasteiger partial charge in [-0.3, -0.25) is 10.1 Å². The summed E-state index contributed by atoms with van der Waals surface area (Å²) in [5.74, 6) is -1.11. The van der Waals surface area contributed by atoms with Crippen molar-refractivity contribution in [1.29, 1.82) is 0 Å². The number of carbonyl (C=O) groups is 1. The second kappa shape index (κ2) is 5.39. The van der Waals surface area contributed by atoms with Crippen LogP contribution in [0.3, 0.4) is 0 Å². The van der Waals surface area contributed by atoms with Crippen LogP contribution in [0.2, 0.25) is 0 Å². The van der Waals surface area contributed by atoms with Crippen molar-refractivity contribution in [3.05, 3.63) is 33.9 Å². The first-order valence-corrected chi connectivity index (χ1v) is 6.65. The second-order valence-electron chi connectivity index (χ2n) is 4.24. The van der Waals surface area contributed by atoms with Gasteiger partial charge in [-0.25, -0.2) is 4.79 Å². The van der Waals surface area contributed by atoms with Crippen molar-refractivity contribution in [1.82, 2.24) is 0 Å². The summed E-state index contributed by atoms with van der Waals surface area (Å²) >= 11 is 1.34. The number of hydrogen-bond donors (Lipinski definition) is 1. The molecule has 6 heteroatoms. The van der Waals surface area contributed by atoms with E-state index >= 15 is 0 Å². The van der Waals surface area contributed by atoms with Crippen LogP contribution in [0.25, 0.3) is 0 Å². The largest absolute Gasteiger partial charge is 0.478 e. The molecule has 0 atom stereocenters. The van der Waals surface area contributed by atoms with E-state index in [4.69, 9.17) is 5.11 Å². The van der Waals surface area contributed by atoms with E-state index in [-0.39, 0.29) is 11.3 Å². The Morgan fingerprint density at radius 2 is 2.06 bits per heavy atom. The zero-order valence-corrected chi connectivity index (χ0v) is 10.5. The maximum Gasteiger partial charge on any atom is 0.337 e. The van der Waals surface area contributed by atoms with E-state index in [9.17, 15) is 14.9 Å². The first kappa shape index (κ1) is 12.9. The number of nitro groups is 1. The van der Waals surface area contributed by atoms with E-state index in [1.165, 1.54) is 30.0 Å². The maximum absolute atomic E-state index is 11.1. The Kier molecular flexibility index (Phi) is 3.86. The number of benzene rings is 1. The lowest BCUT2D eigenvalue weighted by Crippen LogP contribution is -2.04. The molecule has 0 aromatic heterocycles. The fourth-order valence-electron chi connectivity index (χ4n) is 2.13.